The molecule has 2 N–H and O–H groups in total. The molecule has 0 aromatic heterocycles. The van der Waals surface area contributed by atoms with Crippen molar-refractivity contribution in [1.29, 1.82) is 0 Å². The number of para-hydroxylation sites is 1. The van der Waals surface area contributed by atoms with Crippen molar-refractivity contribution < 1.29 is 19.7 Å². The van der Waals surface area contributed by atoms with Crippen molar-refractivity contribution in [3.8, 4) is 17.2 Å². The summed E-state index contributed by atoms with van der Waals surface area (Å²) in [5.74, 6) is 1.01. The standard InChI is InChI=1S/C31H31NO4/c33-26-12-15-28-23(21-26)8-9-25(20-24-6-2-3-7-29(24)34)30(28)31(35)22-10-13-27(14-11-22)36-19-18-32-16-4-1-5-17-32/h2-3,6-15,21,33-34H,1,4-5,16-20H2. The third kappa shape index (κ3) is 5.37. The van der Waals surface area contributed by atoms with Crippen molar-refractivity contribution in [2.45, 2.75) is 25.7 Å². The van der Waals surface area contributed by atoms with Crippen molar-refractivity contribution in [2.24, 2.45) is 0 Å². The first-order chi connectivity index (χ1) is 17.6. The summed E-state index contributed by atoms with van der Waals surface area (Å²) < 4.78 is 5.94. The summed E-state index contributed by atoms with van der Waals surface area (Å²) in [6, 6.07) is 23.3. The first kappa shape index (κ1) is 23.9. The lowest BCUT2D eigenvalue weighted by atomic mass is 9.89. The van der Waals surface area contributed by atoms with E-state index in [0.29, 0.717) is 24.2 Å². The highest BCUT2D eigenvalue weighted by Gasteiger charge is 2.19. The van der Waals surface area contributed by atoms with E-state index in [-0.39, 0.29) is 17.3 Å². The number of likely N-dealkylation sites (tertiary alicyclic amines) is 1. The van der Waals surface area contributed by atoms with E-state index in [2.05, 4.69) is 4.90 Å². The molecule has 4 aromatic carbocycles. The fourth-order valence-electron chi connectivity index (χ4n) is 4.97. The van der Waals surface area contributed by atoms with Gasteiger partial charge in [0.15, 0.2) is 5.78 Å². The molecule has 36 heavy (non-hydrogen) atoms. The minimum absolute atomic E-state index is 0.100. The molecule has 0 aliphatic carbocycles. The van der Waals surface area contributed by atoms with E-state index in [1.807, 2.05) is 48.5 Å². The summed E-state index contributed by atoms with van der Waals surface area (Å²) in [5.41, 5.74) is 2.72. The number of carbonyl (C=O) groups is 1. The molecule has 0 saturated carbocycles. The van der Waals surface area contributed by atoms with Gasteiger partial charge in [0.25, 0.3) is 0 Å². The van der Waals surface area contributed by atoms with Crippen molar-refractivity contribution in [3.63, 3.8) is 0 Å². The van der Waals surface area contributed by atoms with Crippen LogP contribution < -0.4 is 4.74 Å². The Morgan fingerprint density at radius 1 is 0.833 bits per heavy atom. The van der Waals surface area contributed by atoms with E-state index < -0.39 is 0 Å². The molecule has 1 saturated heterocycles. The molecule has 0 unspecified atom stereocenters. The molecule has 4 aromatic rings. The van der Waals surface area contributed by atoms with Gasteiger partial charge in [-0.25, -0.2) is 0 Å². The number of aromatic hydroxyl groups is 2. The Morgan fingerprint density at radius 3 is 2.39 bits per heavy atom. The van der Waals surface area contributed by atoms with Gasteiger partial charge in [-0.2, -0.15) is 0 Å². The zero-order valence-electron chi connectivity index (χ0n) is 20.3. The number of hydrogen-bond donors (Lipinski definition) is 2. The number of phenols is 2. The predicted octanol–water partition coefficient (Wildman–Crippen LogP) is 5.94. The fraction of sp³-hybridized carbons (Fsp3) is 0.258. The Hall–Kier alpha value is -3.83. The summed E-state index contributed by atoms with van der Waals surface area (Å²) in [6.45, 7) is 3.83. The number of piperidine rings is 1. The van der Waals surface area contributed by atoms with Crippen LogP contribution in [-0.4, -0.2) is 47.1 Å². The summed E-state index contributed by atoms with van der Waals surface area (Å²) in [6.07, 6.45) is 4.26. The number of ketones is 1. The largest absolute Gasteiger partial charge is 0.508 e. The second-order valence-corrected chi connectivity index (χ2v) is 9.41. The quantitative estimate of drug-likeness (QED) is 0.305. The zero-order valence-corrected chi connectivity index (χ0v) is 20.3. The lowest BCUT2D eigenvalue weighted by Crippen LogP contribution is -2.33. The van der Waals surface area contributed by atoms with Crippen LogP contribution in [-0.2, 0) is 6.42 Å². The topological polar surface area (TPSA) is 70.0 Å². The van der Waals surface area contributed by atoms with Gasteiger partial charge in [-0.15, -0.1) is 0 Å². The van der Waals surface area contributed by atoms with Crippen molar-refractivity contribution in [3.05, 3.63) is 101 Å². The number of phenolic OH excluding ortho intramolecular Hbond substituents is 2. The lowest BCUT2D eigenvalue weighted by Gasteiger charge is -2.26. The normalized spacial score (nSPS) is 14.1. The van der Waals surface area contributed by atoms with Crippen LogP contribution in [0.3, 0.4) is 0 Å². The van der Waals surface area contributed by atoms with Crippen LogP contribution in [0.15, 0.2) is 78.9 Å². The third-order valence-corrected chi connectivity index (χ3v) is 6.93. The molecule has 1 aliphatic heterocycles. The van der Waals surface area contributed by atoms with Gasteiger partial charge in [0.05, 0.1) is 0 Å². The van der Waals surface area contributed by atoms with Gasteiger partial charge in [-0.05, 0) is 96.4 Å². The first-order valence-electron chi connectivity index (χ1n) is 12.6. The summed E-state index contributed by atoms with van der Waals surface area (Å²) in [5, 5.41) is 21.8. The van der Waals surface area contributed by atoms with Gasteiger partial charge in [0.1, 0.15) is 23.9 Å². The van der Waals surface area contributed by atoms with E-state index in [1.165, 1.54) is 19.3 Å². The van der Waals surface area contributed by atoms with Gasteiger partial charge < -0.3 is 14.9 Å². The van der Waals surface area contributed by atoms with E-state index in [4.69, 9.17) is 4.74 Å². The van der Waals surface area contributed by atoms with Crippen LogP contribution in [0.4, 0.5) is 0 Å². The van der Waals surface area contributed by atoms with Crippen molar-refractivity contribution in [2.75, 3.05) is 26.2 Å². The van der Waals surface area contributed by atoms with Crippen LogP contribution in [0.5, 0.6) is 17.2 Å². The maximum atomic E-state index is 13.8. The SMILES string of the molecule is O=C(c1ccc(OCCN2CCCCC2)cc1)c1c(Cc2ccccc2O)ccc2cc(O)ccc12. The van der Waals surface area contributed by atoms with E-state index in [1.54, 1.807) is 30.3 Å². The first-order valence-corrected chi connectivity index (χ1v) is 12.6. The molecule has 0 amide bonds. The number of nitrogens with zero attached hydrogens (tertiary/aromatic N) is 1. The Morgan fingerprint density at radius 2 is 1.61 bits per heavy atom. The fourth-order valence-corrected chi connectivity index (χ4v) is 4.97. The monoisotopic (exact) mass is 481 g/mol. The molecule has 0 spiro atoms. The number of carbonyl (C=O) groups excluding carboxylic acids is 1. The highest BCUT2D eigenvalue weighted by molar-refractivity contribution is 6.17. The summed E-state index contributed by atoms with van der Waals surface area (Å²) >= 11 is 0. The maximum absolute atomic E-state index is 13.8. The van der Waals surface area contributed by atoms with Crippen LogP contribution in [0.1, 0.15) is 46.3 Å². The molecule has 1 fully saturated rings. The van der Waals surface area contributed by atoms with Crippen molar-refractivity contribution >= 4 is 16.6 Å². The maximum Gasteiger partial charge on any atom is 0.193 e. The van der Waals surface area contributed by atoms with Gasteiger partial charge in [-0.1, -0.05) is 36.8 Å². The Bertz CT molecular complexity index is 1360. The van der Waals surface area contributed by atoms with Crippen molar-refractivity contribution in [1.82, 2.24) is 4.90 Å². The number of ether oxygens (including phenoxy) is 1. The second-order valence-electron chi connectivity index (χ2n) is 9.41. The number of rotatable bonds is 8. The number of hydrogen-bond acceptors (Lipinski definition) is 5. The third-order valence-electron chi connectivity index (χ3n) is 6.93. The number of benzene rings is 4. The molecule has 1 aliphatic rings. The zero-order chi connectivity index (χ0) is 24.9. The van der Waals surface area contributed by atoms with Gasteiger partial charge in [0.2, 0.25) is 0 Å². The summed E-state index contributed by atoms with van der Waals surface area (Å²) in [4.78, 5) is 16.2. The van der Waals surface area contributed by atoms with E-state index in [0.717, 1.165) is 47.3 Å². The van der Waals surface area contributed by atoms with Crippen LogP contribution in [0, 0.1) is 0 Å². The molecule has 0 bridgehead atoms. The molecule has 1 heterocycles. The second kappa shape index (κ2) is 10.8. The smallest absolute Gasteiger partial charge is 0.193 e. The molecule has 0 radical (unpaired) electrons. The molecule has 5 heteroatoms. The van der Waals surface area contributed by atoms with Crippen LogP contribution in [0.2, 0.25) is 0 Å². The van der Waals surface area contributed by atoms with Gasteiger partial charge in [0, 0.05) is 24.1 Å². The number of fused-ring (bicyclic) bond motifs is 1. The molecular weight excluding hydrogens is 450 g/mol. The van der Waals surface area contributed by atoms with Gasteiger partial charge in [-0.3, -0.25) is 9.69 Å². The molecule has 5 rings (SSSR count). The van der Waals surface area contributed by atoms with Gasteiger partial charge >= 0.3 is 0 Å². The Labute approximate surface area is 211 Å². The highest BCUT2D eigenvalue weighted by atomic mass is 16.5. The molecule has 0 atom stereocenters. The van der Waals surface area contributed by atoms with E-state index in [9.17, 15) is 15.0 Å². The van der Waals surface area contributed by atoms with Crippen LogP contribution in [0.25, 0.3) is 10.8 Å². The molecular formula is C31H31NO4. The Kier molecular flexibility index (Phi) is 7.19. The highest BCUT2D eigenvalue weighted by Crippen LogP contribution is 2.31. The lowest BCUT2D eigenvalue weighted by molar-refractivity contribution is 0.103. The minimum Gasteiger partial charge on any atom is -0.508 e. The average molecular weight is 482 g/mol. The van der Waals surface area contributed by atoms with E-state index >= 15 is 0 Å². The predicted molar refractivity (Wildman–Crippen MR) is 142 cm³/mol. The Balaban J connectivity index is 1.40. The minimum atomic E-state index is -0.100. The molecule has 5 nitrogen and oxygen atoms in total. The molecule has 184 valence electrons. The summed E-state index contributed by atoms with van der Waals surface area (Å²) in [7, 11) is 0. The average Bonchev–Trinajstić information content (AvgIpc) is 2.90. The van der Waals surface area contributed by atoms with Crippen LogP contribution >= 0.6 is 0 Å².